The lowest BCUT2D eigenvalue weighted by atomic mass is 9.86. The molecule has 5 nitrogen and oxygen atoms in total. The molecule has 32 heavy (non-hydrogen) atoms. The number of pyridine rings is 1. The predicted octanol–water partition coefficient (Wildman–Crippen LogP) is 4.88. The van der Waals surface area contributed by atoms with Crippen molar-refractivity contribution in [1.29, 1.82) is 0 Å². The molecule has 4 aromatic rings. The van der Waals surface area contributed by atoms with Gasteiger partial charge in [0, 0.05) is 29.2 Å². The molecule has 2 aromatic heterocycles. The van der Waals surface area contributed by atoms with Crippen molar-refractivity contribution in [3.63, 3.8) is 0 Å². The summed E-state index contributed by atoms with van der Waals surface area (Å²) >= 11 is 0. The van der Waals surface area contributed by atoms with Crippen LogP contribution in [0.5, 0.6) is 0 Å². The summed E-state index contributed by atoms with van der Waals surface area (Å²) in [4.78, 5) is 33.1. The molecule has 1 aliphatic rings. The van der Waals surface area contributed by atoms with E-state index in [2.05, 4.69) is 9.97 Å². The van der Waals surface area contributed by atoms with Crippen LogP contribution in [0.2, 0.25) is 0 Å². The first-order valence-corrected chi connectivity index (χ1v) is 10.3. The zero-order valence-electron chi connectivity index (χ0n) is 17.5. The van der Waals surface area contributed by atoms with Crippen LogP contribution in [0.4, 0.5) is 13.2 Å². The third-order valence-corrected chi connectivity index (χ3v) is 6.35. The molecule has 0 saturated heterocycles. The van der Waals surface area contributed by atoms with Crippen molar-refractivity contribution in [2.45, 2.75) is 32.2 Å². The van der Waals surface area contributed by atoms with Crippen LogP contribution in [0.15, 0.2) is 35.1 Å². The third kappa shape index (κ3) is 3.09. The highest BCUT2D eigenvalue weighted by molar-refractivity contribution is 5.99. The summed E-state index contributed by atoms with van der Waals surface area (Å²) in [5.41, 5.74) is 2.30. The normalized spacial score (nSPS) is 15.8. The zero-order chi connectivity index (χ0) is 22.7. The summed E-state index contributed by atoms with van der Waals surface area (Å²) in [5, 5.41) is 1.10. The smallest absolute Gasteiger partial charge is 0.270 e. The van der Waals surface area contributed by atoms with Crippen LogP contribution < -0.4 is 5.56 Å². The number of halogens is 3. The Hall–Kier alpha value is -3.55. The van der Waals surface area contributed by atoms with Gasteiger partial charge in [-0.25, -0.2) is 13.2 Å². The molecule has 0 radical (unpaired) electrons. The number of H-pyrrole nitrogens is 2. The summed E-state index contributed by atoms with van der Waals surface area (Å²) < 4.78 is 41.7. The number of hydrogen-bond donors (Lipinski definition) is 2. The van der Waals surface area contributed by atoms with Crippen molar-refractivity contribution >= 4 is 27.6 Å². The minimum absolute atomic E-state index is 0.0483. The van der Waals surface area contributed by atoms with E-state index in [4.69, 9.17) is 0 Å². The fourth-order valence-corrected chi connectivity index (χ4v) is 4.79. The van der Waals surface area contributed by atoms with Gasteiger partial charge < -0.3 is 14.9 Å². The predicted molar refractivity (Wildman–Crippen MR) is 115 cm³/mol. The van der Waals surface area contributed by atoms with Gasteiger partial charge in [0.15, 0.2) is 11.6 Å². The van der Waals surface area contributed by atoms with Crippen molar-refractivity contribution in [3.8, 4) is 0 Å². The van der Waals surface area contributed by atoms with E-state index in [0.717, 1.165) is 23.9 Å². The number of amides is 1. The highest BCUT2D eigenvalue weighted by atomic mass is 19.2. The number of rotatable bonds is 2. The molecule has 5 rings (SSSR count). The zero-order valence-corrected chi connectivity index (χ0v) is 17.5. The number of carbonyl (C=O) groups is 1. The van der Waals surface area contributed by atoms with Crippen molar-refractivity contribution in [2.24, 2.45) is 0 Å². The van der Waals surface area contributed by atoms with E-state index in [1.165, 1.54) is 17.0 Å². The molecule has 1 aliphatic carbocycles. The Labute approximate surface area is 180 Å². The van der Waals surface area contributed by atoms with Gasteiger partial charge in [-0.15, -0.1) is 0 Å². The van der Waals surface area contributed by atoms with Crippen LogP contribution in [0.1, 0.15) is 46.2 Å². The summed E-state index contributed by atoms with van der Waals surface area (Å²) in [7, 11) is 1.64. The van der Waals surface area contributed by atoms with Gasteiger partial charge in [0.2, 0.25) is 0 Å². The largest absolute Gasteiger partial charge is 0.350 e. The second kappa shape index (κ2) is 7.25. The number of benzene rings is 2. The van der Waals surface area contributed by atoms with E-state index in [1.807, 2.05) is 0 Å². The molecule has 2 aromatic carbocycles. The number of aromatic amines is 2. The average molecular weight is 439 g/mol. The van der Waals surface area contributed by atoms with Crippen molar-refractivity contribution in [1.82, 2.24) is 14.9 Å². The number of hydrogen-bond acceptors (Lipinski definition) is 2. The average Bonchev–Trinajstić information content (AvgIpc) is 3.18. The van der Waals surface area contributed by atoms with Crippen LogP contribution in [0.3, 0.4) is 0 Å². The SMILES string of the molecule is Cc1cc(F)cc2[nH]c(C(=O)N(C)C3CCCc4[nH]c(=O)c5cc(F)c(F)cc5c43)cc12. The van der Waals surface area contributed by atoms with Crippen molar-refractivity contribution < 1.29 is 18.0 Å². The Morgan fingerprint density at radius 3 is 2.47 bits per heavy atom. The first kappa shape index (κ1) is 20.4. The van der Waals surface area contributed by atoms with Crippen LogP contribution in [0, 0.1) is 24.4 Å². The van der Waals surface area contributed by atoms with E-state index in [1.54, 1.807) is 20.0 Å². The van der Waals surface area contributed by atoms with Gasteiger partial charge in [-0.3, -0.25) is 9.59 Å². The molecule has 0 bridgehead atoms. The first-order valence-electron chi connectivity index (χ1n) is 10.3. The van der Waals surface area contributed by atoms with E-state index in [-0.39, 0.29) is 11.3 Å². The lowest BCUT2D eigenvalue weighted by Crippen LogP contribution is -2.34. The van der Waals surface area contributed by atoms with E-state index >= 15 is 0 Å². The lowest BCUT2D eigenvalue weighted by Gasteiger charge is -2.33. The van der Waals surface area contributed by atoms with E-state index < -0.39 is 29.1 Å². The minimum atomic E-state index is -1.10. The summed E-state index contributed by atoms with van der Waals surface area (Å²) in [6.45, 7) is 1.77. The topological polar surface area (TPSA) is 69.0 Å². The maximum atomic E-state index is 14.1. The van der Waals surface area contributed by atoms with Gasteiger partial charge in [0.25, 0.3) is 11.5 Å². The second-order valence-electron chi connectivity index (χ2n) is 8.35. The Bertz CT molecular complexity index is 1470. The fourth-order valence-electron chi connectivity index (χ4n) is 4.79. The number of aromatic nitrogens is 2. The van der Waals surface area contributed by atoms with Gasteiger partial charge in [0.05, 0.1) is 11.4 Å². The minimum Gasteiger partial charge on any atom is -0.350 e. The van der Waals surface area contributed by atoms with Crippen LogP contribution in [-0.2, 0) is 6.42 Å². The Balaban J connectivity index is 1.62. The molecule has 1 amide bonds. The van der Waals surface area contributed by atoms with Crippen LogP contribution in [-0.4, -0.2) is 27.8 Å². The van der Waals surface area contributed by atoms with Gasteiger partial charge >= 0.3 is 0 Å². The number of nitrogens with zero attached hydrogens (tertiary/aromatic N) is 1. The molecule has 0 aliphatic heterocycles. The molecule has 164 valence electrons. The molecule has 0 saturated carbocycles. The molecule has 1 unspecified atom stereocenters. The fraction of sp³-hybridized carbons (Fsp3) is 0.250. The van der Waals surface area contributed by atoms with Gasteiger partial charge in [0.1, 0.15) is 11.5 Å². The van der Waals surface area contributed by atoms with Crippen molar-refractivity contribution in [2.75, 3.05) is 7.05 Å². The summed E-state index contributed by atoms with van der Waals surface area (Å²) in [6.07, 6.45) is 1.89. The molecule has 1 atom stereocenters. The summed E-state index contributed by atoms with van der Waals surface area (Å²) in [5.74, 6) is -2.85. The maximum absolute atomic E-state index is 14.1. The Kier molecular flexibility index (Phi) is 4.62. The molecule has 8 heteroatoms. The van der Waals surface area contributed by atoms with Gasteiger partial charge in [-0.1, -0.05) is 0 Å². The quantitative estimate of drug-likeness (QED) is 0.467. The number of aryl methyl sites for hydroxylation is 2. The number of carbonyl (C=O) groups excluding carboxylic acids is 1. The molecule has 2 N–H and O–H groups in total. The second-order valence-corrected chi connectivity index (χ2v) is 8.35. The Morgan fingerprint density at radius 1 is 1.00 bits per heavy atom. The first-order chi connectivity index (χ1) is 15.2. The standard InChI is InChI=1S/C24H20F3N3O2/c1-11-6-12(25)7-19-13(11)10-20(28-19)24(32)30(2)21-5-3-4-18-22(21)14-8-16(26)17(27)9-15(14)23(31)29-18/h6-10,21,28H,3-5H2,1-2H3,(H,29,31). The van der Waals surface area contributed by atoms with Crippen molar-refractivity contribution in [3.05, 3.63) is 80.7 Å². The number of fused-ring (bicyclic) bond motifs is 4. The van der Waals surface area contributed by atoms with Gasteiger partial charge in [-0.05, 0) is 67.5 Å². The molecular weight excluding hydrogens is 419 g/mol. The third-order valence-electron chi connectivity index (χ3n) is 6.35. The highest BCUT2D eigenvalue weighted by Crippen LogP contribution is 2.38. The molecule has 0 spiro atoms. The van der Waals surface area contributed by atoms with Gasteiger partial charge in [-0.2, -0.15) is 0 Å². The summed E-state index contributed by atoms with van der Waals surface area (Å²) in [6, 6.07) is 5.91. The lowest BCUT2D eigenvalue weighted by molar-refractivity contribution is 0.0710. The highest BCUT2D eigenvalue weighted by Gasteiger charge is 2.31. The number of nitrogens with one attached hydrogen (secondary N) is 2. The Morgan fingerprint density at radius 2 is 1.72 bits per heavy atom. The van der Waals surface area contributed by atoms with Crippen LogP contribution in [0.25, 0.3) is 21.7 Å². The van der Waals surface area contributed by atoms with Crippen LogP contribution >= 0.6 is 0 Å². The molecule has 0 fully saturated rings. The monoisotopic (exact) mass is 439 g/mol. The van der Waals surface area contributed by atoms with E-state index in [9.17, 15) is 22.8 Å². The van der Waals surface area contributed by atoms with E-state index in [0.29, 0.717) is 46.3 Å². The molecule has 2 heterocycles. The maximum Gasteiger partial charge on any atom is 0.270 e. The molecular formula is C24H20F3N3O2.